The molecule has 3 fully saturated rings. The van der Waals surface area contributed by atoms with Crippen LogP contribution in [0.3, 0.4) is 0 Å². The van der Waals surface area contributed by atoms with Gasteiger partial charge in [0, 0.05) is 55.3 Å². The number of anilines is 1. The average Bonchev–Trinajstić information content (AvgIpc) is 3.92. The number of carbonyl (C=O) groups excluding carboxylic acids is 1. The number of rotatable bonds is 9. The van der Waals surface area contributed by atoms with Crippen molar-refractivity contribution in [1.82, 2.24) is 19.9 Å². The van der Waals surface area contributed by atoms with Gasteiger partial charge in [-0.15, -0.1) is 11.3 Å². The molecule has 216 valence electrons. The molecule has 2 saturated carbocycles. The highest BCUT2D eigenvalue weighted by atomic mass is 32.1. The molecule has 0 spiro atoms. The van der Waals surface area contributed by atoms with Crippen LogP contribution in [0.25, 0.3) is 0 Å². The number of hydrogen-bond donors (Lipinski definition) is 0. The molecular formula is C32H38FN5O2S. The molecule has 0 radical (unpaired) electrons. The van der Waals surface area contributed by atoms with Crippen molar-refractivity contribution < 1.29 is 13.9 Å². The molecule has 7 rings (SSSR count). The van der Waals surface area contributed by atoms with Crippen molar-refractivity contribution in [2.75, 3.05) is 31.1 Å². The summed E-state index contributed by atoms with van der Waals surface area (Å²) >= 11 is 1.82. The third kappa shape index (κ3) is 6.10. The van der Waals surface area contributed by atoms with Crippen LogP contribution in [0.15, 0.2) is 30.6 Å². The normalized spacial score (nSPS) is 22.5. The number of thiazole rings is 1. The molecule has 2 aliphatic heterocycles. The second kappa shape index (κ2) is 11.3. The molecule has 2 aromatic heterocycles. The van der Waals surface area contributed by atoms with Gasteiger partial charge in [-0.05, 0) is 80.4 Å². The Morgan fingerprint density at radius 1 is 1.12 bits per heavy atom. The summed E-state index contributed by atoms with van der Waals surface area (Å²) in [6.45, 7) is 5.88. The molecule has 3 aromatic rings. The fraction of sp³-hybridized carbons (Fsp3) is 0.562. The zero-order valence-corrected chi connectivity index (χ0v) is 24.5. The Hall–Kier alpha value is -3.07. The first kappa shape index (κ1) is 26.8. The SMILES string of the molecule is Cc1cnc(N2CCC([C@H]3C[C@H]3CCOc3ccc(CC(=O)N4CCc5sc(C6CC6)nc5C4)c(F)c3)CC2)nc1. The Labute approximate surface area is 245 Å². The van der Waals surface area contributed by atoms with Gasteiger partial charge in [-0.25, -0.2) is 19.3 Å². The lowest BCUT2D eigenvalue weighted by atomic mass is 9.90. The van der Waals surface area contributed by atoms with Gasteiger partial charge in [0.25, 0.3) is 0 Å². The molecule has 4 aliphatic rings. The minimum absolute atomic E-state index is 0.0406. The number of benzene rings is 1. The van der Waals surface area contributed by atoms with Crippen molar-refractivity contribution in [3.63, 3.8) is 0 Å². The predicted octanol–water partition coefficient (Wildman–Crippen LogP) is 5.71. The van der Waals surface area contributed by atoms with Crippen LogP contribution < -0.4 is 9.64 Å². The summed E-state index contributed by atoms with van der Waals surface area (Å²) in [6, 6.07) is 4.94. The summed E-state index contributed by atoms with van der Waals surface area (Å²) in [6.07, 6.45) is 11.8. The van der Waals surface area contributed by atoms with Crippen LogP contribution in [0.1, 0.15) is 71.1 Å². The summed E-state index contributed by atoms with van der Waals surface area (Å²) < 4.78 is 20.9. The quantitative estimate of drug-likeness (QED) is 0.326. The molecule has 1 saturated heterocycles. The Morgan fingerprint density at radius 3 is 2.68 bits per heavy atom. The van der Waals surface area contributed by atoms with Crippen molar-refractivity contribution >= 4 is 23.2 Å². The summed E-state index contributed by atoms with van der Waals surface area (Å²) in [4.78, 5) is 32.2. The number of carbonyl (C=O) groups is 1. The summed E-state index contributed by atoms with van der Waals surface area (Å²) in [5.74, 6) is 3.86. The van der Waals surface area contributed by atoms with E-state index in [1.165, 1.54) is 48.1 Å². The molecule has 41 heavy (non-hydrogen) atoms. The molecular weight excluding hydrogens is 537 g/mol. The molecule has 9 heteroatoms. The minimum Gasteiger partial charge on any atom is -0.493 e. The van der Waals surface area contributed by atoms with Crippen molar-refractivity contribution in [1.29, 1.82) is 0 Å². The lowest BCUT2D eigenvalue weighted by Gasteiger charge is -2.32. The van der Waals surface area contributed by atoms with Crippen molar-refractivity contribution in [3.8, 4) is 5.75 Å². The van der Waals surface area contributed by atoms with Crippen LogP contribution in [0.4, 0.5) is 10.3 Å². The van der Waals surface area contributed by atoms with E-state index in [4.69, 9.17) is 9.72 Å². The van der Waals surface area contributed by atoms with Gasteiger partial charge in [0.2, 0.25) is 11.9 Å². The van der Waals surface area contributed by atoms with Gasteiger partial charge in [0.1, 0.15) is 11.6 Å². The minimum atomic E-state index is -0.369. The van der Waals surface area contributed by atoms with E-state index >= 15 is 0 Å². The number of piperidine rings is 1. The van der Waals surface area contributed by atoms with Crippen LogP contribution in [-0.4, -0.2) is 52.0 Å². The van der Waals surface area contributed by atoms with Crippen LogP contribution in [0.2, 0.25) is 0 Å². The summed E-state index contributed by atoms with van der Waals surface area (Å²) in [5, 5.41) is 1.23. The zero-order valence-electron chi connectivity index (χ0n) is 23.7. The smallest absolute Gasteiger partial charge is 0.227 e. The van der Waals surface area contributed by atoms with Crippen LogP contribution in [-0.2, 0) is 24.2 Å². The largest absolute Gasteiger partial charge is 0.493 e. The highest BCUT2D eigenvalue weighted by Gasteiger charge is 2.43. The van der Waals surface area contributed by atoms with Crippen LogP contribution >= 0.6 is 11.3 Å². The van der Waals surface area contributed by atoms with Crippen LogP contribution in [0, 0.1) is 30.5 Å². The standard InChI is InChI=1S/C32H38FN5O2S/c1-20-17-34-32(35-18-20)37-10-6-21(7-11-37)26-14-23(26)9-13-40-25-5-4-24(27(33)16-25)15-30(39)38-12-8-29-28(19-38)36-31(41-29)22-2-3-22/h4-5,16-18,21-23,26H,2-3,6-15,19H2,1H3/t23-,26-/m1/s1. The first-order chi connectivity index (χ1) is 20.0. The maximum absolute atomic E-state index is 14.9. The molecule has 2 atom stereocenters. The van der Waals surface area contributed by atoms with E-state index in [0.717, 1.165) is 55.0 Å². The Kier molecular flexibility index (Phi) is 7.39. The Balaban J connectivity index is 0.840. The second-order valence-electron chi connectivity index (χ2n) is 12.4. The summed E-state index contributed by atoms with van der Waals surface area (Å²) in [7, 11) is 0. The van der Waals surface area contributed by atoms with Crippen molar-refractivity contribution in [2.45, 2.75) is 70.8 Å². The molecule has 1 amide bonds. The first-order valence-electron chi connectivity index (χ1n) is 15.2. The number of amides is 1. The van der Waals surface area contributed by atoms with E-state index in [2.05, 4.69) is 14.9 Å². The molecule has 0 bridgehead atoms. The fourth-order valence-electron chi connectivity index (χ4n) is 6.56. The molecule has 2 aliphatic carbocycles. The Morgan fingerprint density at radius 2 is 1.93 bits per heavy atom. The van der Waals surface area contributed by atoms with Gasteiger partial charge in [-0.1, -0.05) is 6.07 Å². The van der Waals surface area contributed by atoms with Gasteiger partial charge in [0.05, 0.1) is 30.3 Å². The molecule has 0 N–H and O–H groups in total. The van der Waals surface area contributed by atoms with Gasteiger partial charge >= 0.3 is 0 Å². The van der Waals surface area contributed by atoms with Gasteiger partial charge < -0.3 is 14.5 Å². The number of fused-ring (bicyclic) bond motifs is 1. The number of hydrogen-bond acceptors (Lipinski definition) is 7. The van der Waals surface area contributed by atoms with E-state index in [9.17, 15) is 9.18 Å². The molecule has 0 unspecified atom stereocenters. The van der Waals surface area contributed by atoms with Crippen molar-refractivity contribution in [3.05, 3.63) is 63.1 Å². The predicted molar refractivity (Wildman–Crippen MR) is 157 cm³/mol. The van der Waals surface area contributed by atoms with E-state index < -0.39 is 0 Å². The third-order valence-corrected chi connectivity index (χ3v) is 10.6. The molecule has 4 heterocycles. The lowest BCUT2D eigenvalue weighted by Crippen LogP contribution is -2.36. The lowest BCUT2D eigenvalue weighted by molar-refractivity contribution is -0.131. The number of nitrogens with zero attached hydrogens (tertiary/aromatic N) is 5. The van der Waals surface area contributed by atoms with E-state index in [1.54, 1.807) is 12.1 Å². The van der Waals surface area contributed by atoms with Crippen LogP contribution in [0.5, 0.6) is 5.75 Å². The van der Waals surface area contributed by atoms with Gasteiger partial charge in [-0.3, -0.25) is 4.79 Å². The number of ether oxygens (including phenoxy) is 1. The molecule has 1 aromatic carbocycles. The highest BCUT2D eigenvalue weighted by Crippen LogP contribution is 2.50. The zero-order chi connectivity index (χ0) is 27.9. The van der Waals surface area contributed by atoms with E-state index in [0.29, 0.717) is 42.8 Å². The number of halogens is 1. The highest BCUT2D eigenvalue weighted by molar-refractivity contribution is 7.11. The van der Waals surface area contributed by atoms with E-state index in [-0.39, 0.29) is 18.1 Å². The van der Waals surface area contributed by atoms with Crippen molar-refractivity contribution in [2.24, 2.45) is 17.8 Å². The number of aromatic nitrogens is 3. The third-order valence-electron chi connectivity index (χ3n) is 9.32. The molecule has 7 nitrogen and oxygen atoms in total. The maximum Gasteiger partial charge on any atom is 0.227 e. The Bertz CT molecular complexity index is 1400. The first-order valence-corrected chi connectivity index (χ1v) is 16.0. The maximum atomic E-state index is 14.9. The van der Waals surface area contributed by atoms with Gasteiger partial charge in [-0.2, -0.15) is 0 Å². The fourth-order valence-corrected chi connectivity index (χ4v) is 7.79. The number of aryl methyl sites for hydroxylation is 1. The monoisotopic (exact) mass is 575 g/mol. The summed E-state index contributed by atoms with van der Waals surface area (Å²) in [5.41, 5.74) is 2.56. The van der Waals surface area contributed by atoms with Gasteiger partial charge in [0.15, 0.2) is 0 Å². The van der Waals surface area contributed by atoms with E-state index in [1.807, 2.05) is 35.6 Å². The average molecular weight is 576 g/mol. The second-order valence-corrected chi connectivity index (χ2v) is 13.5. The topological polar surface area (TPSA) is 71.5 Å².